The molecule has 0 unspecified atom stereocenters. The molecule has 8 heteroatoms. The molecule has 1 aromatic carbocycles. The molecule has 1 N–H and O–H groups in total. The van der Waals surface area contributed by atoms with Crippen LogP contribution in [0.1, 0.15) is 39.7 Å². The van der Waals surface area contributed by atoms with E-state index >= 15 is 0 Å². The molecule has 1 aliphatic carbocycles. The van der Waals surface area contributed by atoms with Crippen LogP contribution in [-0.4, -0.2) is 31.7 Å². The van der Waals surface area contributed by atoms with E-state index in [0.29, 0.717) is 23.0 Å². The number of carbonyl (C=O) groups is 1. The van der Waals surface area contributed by atoms with Gasteiger partial charge in [-0.15, -0.1) is 11.3 Å². The zero-order chi connectivity index (χ0) is 17.6. The number of halogens is 1. The number of hydrogen-bond donors (Lipinski definition) is 1. The van der Waals surface area contributed by atoms with E-state index in [1.54, 1.807) is 6.07 Å². The first kappa shape index (κ1) is 17.0. The minimum atomic E-state index is -3.44. The van der Waals surface area contributed by atoms with E-state index < -0.39 is 10.0 Å². The summed E-state index contributed by atoms with van der Waals surface area (Å²) in [5, 5.41) is 3.71. The summed E-state index contributed by atoms with van der Waals surface area (Å²) in [5.74, 6) is -0.233. The quantitative estimate of drug-likeness (QED) is 0.862. The normalized spacial score (nSPS) is 20.1. The van der Waals surface area contributed by atoms with Crippen LogP contribution in [0, 0.1) is 0 Å². The predicted octanol–water partition coefficient (Wildman–Crippen LogP) is 3.21. The fraction of sp³-hybridized carbons (Fsp3) is 0.353. The van der Waals surface area contributed by atoms with Gasteiger partial charge in [-0.3, -0.25) is 4.79 Å². The molecule has 0 saturated carbocycles. The Kier molecular flexibility index (Phi) is 4.35. The smallest absolute Gasteiger partial charge is 0.261 e. The molecule has 0 bridgehead atoms. The number of rotatable bonds is 4. The number of hydrogen-bond acceptors (Lipinski definition) is 4. The summed E-state index contributed by atoms with van der Waals surface area (Å²) in [5.41, 5.74) is 2.24. The summed E-state index contributed by atoms with van der Waals surface area (Å²) >= 11 is 7.04. The first-order valence-electron chi connectivity index (χ1n) is 8.14. The predicted molar refractivity (Wildman–Crippen MR) is 97.7 cm³/mol. The molecule has 2 aromatic rings. The second kappa shape index (κ2) is 6.39. The van der Waals surface area contributed by atoms with Crippen molar-refractivity contribution in [1.29, 1.82) is 0 Å². The molecule has 1 aliphatic heterocycles. The molecule has 0 spiro atoms. The second-order valence-corrected chi connectivity index (χ2v) is 9.97. The monoisotopic (exact) mass is 396 g/mol. The van der Waals surface area contributed by atoms with Crippen LogP contribution in [-0.2, 0) is 16.4 Å². The Balaban J connectivity index is 1.50. The van der Waals surface area contributed by atoms with Crippen molar-refractivity contribution in [2.75, 3.05) is 13.1 Å². The Labute approximate surface area is 155 Å². The molecule has 4 rings (SSSR count). The maximum Gasteiger partial charge on any atom is 0.261 e. The number of aryl methyl sites for hydroxylation is 1. The van der Waals surface area contributed by atoms with Crippen molar-refractivity contribution in [3.63, 3.8) is 0 Å². The SMILES string of the molecule is O=C(N[C@@H]1CCc2cc(Cl)ccc21)c1ccc(S(=O)(=O)N2CCC2)s1. The minimum absolute atomic E-state index is 0.0581. The highest BCUT2D eigenvalue weighted by Crippen LogP contribution is 2.34. The van der Waals surface area contributed by atoms with E-state index in [-0.39, 0.29) is 16.2 Å². The van der Waals surface area contributed by atoms with E-state index in [4.69, 9.17) is 11.6 Å². The zero-order valence-electron chi connectivity index (χ0n) is 13.4. The van der Waals surface area contributed by atoms with Crippen LogP contribution in [0.15, 0.2) is 34.5 Å². The molecule has 5 nitrogen and oxygen atoms in total. The fourth-order valence-corrected chi connectivity index (χ4v) is 6.28. The van der Waals surface area contributed by atoms with Crippen LogP contribution in [0.3, 0.4) is 0 Å². The van der Waals surface area contributed by atoms with Crippen LogP contribution >= 0.6 is 22.9 Å². The fourth-order valence-electron chi connectivity index (χ4n) is 3.20. The zero-order valence-corrected chi connectivity index (χ0v) is 15.8. The Morgan fingerprint density at radius 1 is 1.24 bits per heavy atom. The molecular weight excluding hydrogens is 380 g/mol. The van der Waals surface area contributed by atoms with E-state index in [2.05, 4.69) is 5.32 Å². The van der Waals surface area contributed by atoms with Gasteiger partial charge in [0.1, 0.15) is 4.21 Å². The van der Waals surface area contributed by atoms with Gasteiger partial charge in [0.2, 0.25) is 0 Å². The molecular formula is C17H17ClN2O3S2. The van der Waals surface area contributed by atoms with Crippen molar-refractivity contribution in [2.45, 2.75) is 29.5 Å². The van der Waals surface area contributed by atoms with E-state index in [0.717, 1.165) is 41.7 Å². The molecule has 0 radical (unpaired) electrons. The lowest BCUT2D eigenvalue weighted by Crippen LogP contribution is -2.41. The topological polar surface area (TPSA) is 66.5 Å². The summed E-state index contributed by atoms with van der Waals surface area (Å²) in [7, 11) is -3.44. The first-order chi connectivity index (χ1) is 11.9. The Morgan fingerprint density at radius 3 is 2.76 bits per heavy atom. The molecule has 1 atom stereocenters. The van der Waals surface area contributed by atoms with Crippen molar-refractivity contribution in [3.8, 4) is 0 Å². The van der Waals surface area contributed by atoms with E-state index in [1.165, 1.54) is 10.4 Å². The highest BCUT2D eigenvalue weighted by atomic mass is 35.5. The summed E-state index contributed by atoms with van der Waals surface area (Å²) in [4.78, 5) is 13.0. The standard InChI is InChI=1S/C17H17ClN2O3S2/c18-12-3-4-13-11(10-12)2-5-14(13)19-17(21)15-6-7-16(24-15)25(22,23)20-8-1-9-20/h3-4,6-7,10,14H,1-2,5,8-9H2,(H,19,21)/t14-/m1/s1. The lowest BCUT2D eigenvalue weighted by atomic mass is 10.1. The summed E-state index contributed by atoms with van der Waals surface area (Å²) < 4.78 is 26.4. The van der Waals surface area contributed by atoms with Gasteiger partial charge in [0.25, 0.3) is 15.9 Å². The van der Waals surface area contributed by atoms with Crippen molar-refractivity contribution >= 4 is 38.9 Å². The van der Waals surface area contributed by atoms with Gasteiger partial charge in [-0.1, -0.05) is 17.7 Å². The van der Waals surface area contributed by atoms with Gasteiger partial charge in [-0.2, -0.15) is 4.31 Å². The molecule has 2 heterocycles. The Bertz CT molecular complexity index is 935. The molecule has 1 saturated heterocycles. The van der Waals surface area contributed by atoms with Gasteiger partial charge in [-0.05, 0) is 54.7 Å². The highest BCUT2D eigenvalue weighted by Gasteiger charge is 2.31. The van der Waals surface area contributed by atoms with Gasteiger partial charge >= 0.3 is 0 Å². The summed E-state index contributed by atoms with van der Waals surface area (Å²) in [6.07, 6.45) is 2.59. The Morgan fingerprint density at radius 2 is 2.04 bits per heavy atom. The van der Waals surface area contributed by atoms with E-state index in [9.17, 15) is 13.2 Å². The highest BCUT2D eigenvalue weighted by molar-refractivity contribution is 7.91. The number of nitrogens with zero attached hydrogens (tertiary/aromatic N) is 1. The molecule has 132 valence electrons. The van der Waals surface area contributed by atoms with Crippen molar-refractivity contribution in [3.05, 3.63) is 51.4 Å². The molecule has 25 heavy (non-hydrogen) atoms. The van der Waals surface area contributed by atoms with Crippen LogP contribution in [0.4, 0.5) is 0 Å². The van der Waals surface area contributed by atoms with Gasteiger partial charge in [0.05, 0.1) is 10.9 Å². The minimum Gasteiger partial charge on any atom is -0.345 e. The molecule has 1 amide bonds. The van der Waals surface area contributed by atoms with Crippen LogP contribution in [0.25, 0.3) is 0 Å². The number of thiophene rings is 1. The summed E-state index contributed by atoms with van der Waals surface area (Å²) in [6, 6.07) is 8.76. The Hall–Kier alpha value is -1.41. The van der Waals surface area contributed by atoms with Crippen LogP contribution < -0.4 is 5.32 Å². The lowest BCUT2D eigenvalue weighted by molar-refractivity contribution is 0.0941. The molecule has 1 aromatic heterocycles. The summed E-state index contributed by atoms with van der Waals surface area (Å²) in [6.45, 7) is 1.12. The number of nitrogens with one attached hydrogen (secondary N) is 1. The van der Waals surface area contributed by atoms with Gasteiger partial charge < -0.3 is 5.32 Å². The van der Waals surface area contributed by atoms with Crippen molar-refractivity contribution in [2.24, 2.45) is 0 Å². The number of carbonyl (C=O) groups excluding carboxylic acids is 1. The molecule has 1 fully saturated rings. The number of sulfonamides is 1. The maximum atomic E-state index is 12.5. The average Bonchev–Trinajstić information content (AvgIpc) is 3.12. The number of amides is 1. The average molecular weight is 397 g/mol. The largest absolute Gasteiger partial charge is 0.345 e. The third kappa shape index (κ3) is 3.10. The third-order valence-electron chi connectivity index (χ3n) is 4.70. The van der Waals surface area contributed by atoms with Crippen molar-refractivity contribution in [1.82, 2.24) is 9.62 Å². The first-order valence-corrected chi connectivity index (χ1v) is 10.8. The van der Waals surface area contributed by atoms with Crippen LogP contribution in [0.2, 0.25) is 5.02 Å². The second-order valence-electron chi connectivity index (χ2n) is 6.28. The number of benzene rings is 1. The van der Waals surface area contributed by atoms with Crippen molar-refractivity contribution < 1.29 is 13.2 Å². The van der Waals surface area contributed by atoms with Gasteiger partial charge in [-0.25, -0.2) is 8.42 Å². The third-order valence-corrected chi connectivity index (χ3v) is 8.39. The lowest BCUT2D eigenvalue weighted by Gasteiger charge is -2.28. The number of fused-ring (bicyclic) bond motifs is 1. The van der Waals surface area contributed by atoms with E-state index in [1.807, 2.05) is 18.2 Å². The molecule has 2 aliphatic rings. The van der Waals surface area contributed by atoms with Gasteiger partial charge in [0.15, 0.2) is 0 Å². The van der Waals surface area contributed by atoms with Crippen LogP contribution in [0.5, 0.6) is 0 Å². The van der Waals surface area contributed by atoms with Gasteiger partial charge in [0, 0.05) is 18.1 Å². The maximum absolute atomic E-state index is 12.5.